The van der Waals surface area contributed by atoms with Gasteiger partial charge in [-0.15, -0.1) is 0 Å². The van der Waals surface area contributed by atoms with E-state index >= 15 is 0 Å². The highest BCUT2D eigenvalue weighted by Gasteiger charge is 1.96. The summed E-state index contributed by atoms with van der Waals surface area (Å²) < 4.78 is 5.59. The van der Waals surface area contributed by atoms with Crippen LogP contribution in [0, 0.1) is 6.92 Å². The van der Waals surface area contributed by atoms with Crippen molar-refractivity contribution in [2.75, 3.05) is 0 Å². The van der Waals surface area contributed by atoms with Gasteiger partial charge in [-0.2, -0.15) is 0 Å². The first-order chi connectivity index (χ1) is 7.74. The minimum absolute atomic E-state index is 0.269. The molecule has 82 valence electrons. The normalized spacial score (nSPS) is 10.1. The van der Waals surface area contributed by atoms with Gasteiger partial charge in [0.2, 0.25) is 0 Å². The third-order valence-electron chi connectivity index (χ3n) is 2.34. The Bertz CT molecular complexity index is 460. The SMILES string of the molecule is Cc1ccc(OCc2cccc(O)c2)cc1. The molecule has 16 heavy (non-hydrogen) atoms. The van der Waals surface area contributed by atoms with E-state index in [1.54, 1.807) is 12.1 Å². The van der Waals surface area contributed by atoms with Crippen molar-refractivity contribution in [2.24, 2.45) is 0 Å². The van der Waals surface area contributed by atoms with Crippen LogP contribution in [0.2, 0.25) is 0 Å². The summed E-state index contributed by atoms with van der Waals surface area (Å²) >= 11 is 0. The molecule has 2 rings (SSSR count). The molecule has 0 amide bonds. The van der Waals surface area contributed by atoms with Gasteiger partial charge in [0.25, 0.3) is 0 Å². The number of hydrogen-bond acceptors (Lipinski definition) is 2. The van der Waals surface area contributed by atoms with Crippen LogP contribution in [0.1, 0.15) is 11.1 Å². The van der Waals surface area contributed by atoms with Gasteiger partial charge in [0.1, 0.15) is 18.1 Å². The van der Waals surface area contributed by atoms with E-state index < -0.39 is 0 Å². The molecule has 0 spiro atoms. The van der Waals surface area contributed by atoms with Crippen LogP contribution in [0.25, 0.3) is 0 Å². The summed E-state index contributed by atoms with van der Waals surface area (Å²) in [4.78, 5) is 0. The van der Waals surface area contributed by atoms with Gasteiger partial charge in [0, 0.05) is 0 Å². The second kappa shape index (κ2) is 4.71. The molecule has 0 aliphatic carbocycles. The van der Waals surface area contributed by atoms with Crippen LogP contribution < -0.4 is 4.74 Å². The minimum atomic E-state index is 0.269. The maximum absolute atomic E-state index is 9.29. The maximum atomic E-state index is 9.29. The number of ether oxygens (including phenoxy) is 1. The van der Waals surface area contributed by atoms with Crippen LogP contribution >= 0.6 is 0 Å². The average Bonchev–Trinajstić information content (AvgIpc) is 2.28. The molecule has 0 unspecified atom stereocenters. The summed E-state index contributed by atoms with van der Waals surface area (Å²) in [5, 5.41) is 9.29. The first-order valence-corrected chi connectivity index (χ1v) is 5.21. The van der Waals surface area contributed by atoms with Crippen LogP contribution in [0.5, 0.6) is 11.5 Å². The quantitative estimate of drug-likeness (QED) is 0.849. The summed E-state index contributed by atoms with van der Waals surface area (Å²) in [6, 6.07) is 15.0. The summed E-state index contributed by atoms with van der Waals surface area (Å²) in [6.45, 7) is 2.51. The average molecular weight is 214 g/mol. The Morgan fingerprint density at radius 3 is 2.50 bits per heavy atom. The molecular formula is C14H14O2. The Kier molecular flexibility index (Phi) is 3.10. The second-order valence-corrected chi connectivity index (χ2v) is 3.77. The van der Waals surface area contributed by atoms with E-state index in [1.807, 2.05) is 43.3 Å². The van der Waals surface area contributed by atoms with Gasteiger partial charge in [-0.05, 0) is 36.8 Å². The smallest absolute Gasteiger partial charge is 0.119 e. The standard InChI is InChI=1S/C14H14O2/c1-11-5-7-14(8-6-11)16-10-12-3-2-4-13(15)9-12/h2-9,15H,10H2,1H3. The molecule has 1 N–H and O–H groups in total. The lowest BCUT2D eigenvalue weighted by Crippen LogP contribution is -1.94. The molecule has 0 heterocycles. The molecular weight excluding hydrogens is 200 g/mol. The fraction of sp³-hybridized carbons (Fsp3) is 0.143. The predicted octanol–water partition coefficient (Wildman–Crippen LogP) is 3.28. The number of aromatic hydroxyl groups is 1. The maximum Gasteiger partial charge on any atom is 0.119 e. The fourth-order valence-electron chi connectivity index (χ4n) is 1.45. The number of rotatable bonds is 3. The molecule has 0 aliphatic rings. The molecule has 2 aromatic rings. The van der Waals surface area contributed by atoms with Crippen LogP contribution in [0.15, 0.2) is 48.5 Å². The Hall–Kier alpha value is -1.96. The summed E-state index contributed by atoms with van der Waals surface area (Å²) in [6.07, 6.45) is 0. The minimum Gasteiger partial charge on any atom is -0.508 e. The number of phenolic OH excluding ortho intramolecular Hbond substituents is 1. The van der Waals surface area contributed by atoms with E-state index in [-0.39, 0.29) is 5.75 Å². The number of hydrogen-bond donors (Lipinski definition) is 1. The summed E-state index contributed by atoms with van der Waals surface area (Å²) in [5.74, 6) is 1.11. The molecule has 0 bridgehead atoms. The van der Waals surface area contributed by atoms with Crippen molar-refractivity contribution in [3.05, 3.63) is 59.7 Å². The van der Waals surface area contributed by atoms with Crippen LogP contribution in [0.3, 0.4) is 0 Å². The van der Waals surface area contributed by atoms with E-state index in [0.29, 0.717) is 6.61 Å². The van der Waals surface area contributed by atoms with Crippen LogP contribution in [-0.2, 0) is 6.61 Å². The Morgan fingerprint density at radius 2 is 1.81 bits per heavy atom. The van der Waals surface area contributed by atoms with Gasteiger partial charge >= 0.3 is 0 Å². The molecule has 0 radical (unpaired) electrons. The number of aryl methyl sites for hydroxylation is 1. The van der Waals surface area contributed by atoms with Crippen molar-refractivity contribution in [2.45, 2.75) is 13.5 Å². The summed E-state index contributed by atoms with van der Waals surface area (Å²) in [5.41, 5.74) is 2.17. The molecule has 0 atom stereocenters. The van der Waals surface area contributed by atoms with Crippen molar-refractivity contribution in [3.63, 3.8) is 0 Å². The molecule has 0 aliphatic heterocycles. The largest absolute Gasteiger partial charge is 0.508 e. The predicted molar refractivity (Wildman–Crippen MR) is 63.6 cm³/mol. The zero-order valence-electron chi connectivity index (χ0n) is 9.18. The monoisotopic (exact) mass is 214 g/mol. The van der Waals surface area contributed by atoms with E-state index in [1.165, 1.54) is 5.56 Å². The second-order valence-electron chi connectivity index (χ2n) is 3.77. The van der Waals surface area contributed by atoms with Crippen molar-refractivity contribution in [1.29, 1.82) is 0 Å². The third-order valence-corrected chi connectivity index (χ3v) is 2.34. The summed E-state index contributed by atoms with van der Waals surface area (Å²) in [7, 11) is 0. The highest BCUT2D eigenvalue weighted by atomic mass is 16.5. The van der Waals surface area contributed by atoms with Crippen molar-refractivity contribution in [3.8, 4) is 11.5 Å². The fourth-order valence-corrected chi connectivity index (χ4v) is 1.45. The van der Waals surface area contributed by atoms with E-state index in [2.05, 4.69) is 0 Å². The van der Waals surface area contributed by atoms with Crippen LogP contribution in [-0.4, -0.2) is 5.11 Å². The van der Waals surface area contributed by atoms with E-state index in [9.17, 15) is 5.11 Å². The molecule has 2 aromatic carbocycles. The van der Waals surface area contributed by atoms with Gasteiger partial charge < -0.3 is 9.84 Å². The highest BCUT2D eigenvalue weighted by molar-refractivity contribution is 5.29. The molecule has 0 saturated heterocycles. The lowest BCUT2D eigenvalue weighted by atomic mass is 10.2. The Labute approximate surface area is 95.1 Å². The van der Waals surface area contributed by atoms with Gasteiger partial charge in [-0.25, -0.2) is 0 Å². The highest BCUT2D eigenvalue weighted by Crippen LogP contribution is 2.16. The van der Waals surface area contributed by atoms with Crippen LogP contribution in [0.4, 0.5) is 0 Å². The topological polar surface area (TPSA) is 29.5 Å². The van der Waals surface area contributed by atoms with E-state index in [0.717, 1.165) is 11.3 Å². The van der Waals surface area contributed by atoms with E-state index in [4.69, 9.17) is 4.74 Å². The third kappa shape index (κ3) is 2.76. The zero-order chi connectivity index (χ0) is 11.4. The van der Waals surface area contributed by atoms with Gasteiger partial charge in [-0.1, -0.05) is 29.8 Å². The van der Waals surface area contributed by atoms with Crippen molar-refractivity contribution < 1.29 is 9.84 Å². The first-order valence-electron chi connectivity index (χ1n) is 5.21. The van der Waals surface area contributed by atoms with Crippen molar-refractivity contribution >= 4 is 0 Å². The lowest BCUT2D eigenvalue weighted by Gasteiger charge is -2.06. The molecule has 0 aromatic heterocycles. The Morgan fingerprint density at radius 1 is 1.06 bits per heavy atom. The molecule has 0 saturated carbocycles. The molecule has 2 heteroatoms. The van der Waals surface area contributed by atoms with Gasteiger partial charge in [0.05, 0.1) is 0 Å². The Balaban J connectivity index is 1.99. The lowest BCUT2D eigenvalue weighted by molar-refractivity contribution is 0.305. The number of benzene rings is 2. The number of phenols is 1. The molecule has 0 fully saturated rings. The zero-order valence-corrected chi connectivity index (χ0v) is 9.18. The van der Waals surface area contributed by atoms with Gasteiger partial charge in [-0.3, -0.25) is 0 Å². The first kappa shape index (κ1) is 10.6. The van der Waals surface area contributed by atoms with Gasteiger partial charge in [0.15, 0.2) is 0 Å². The molecule has 2 nitrogen and oxygen atoms in total. The van der Waals surface area contributed by atoms with Crippen molar-refractivity contribution in [1.82, 2.24) is 0 Å².